The van der Waals surface area contributed by atoms with Crippen molar-refractivity contribution in [2.75, 3.05) is 4.90 Å². The second-order valence-electron chi connectivity index (χ2n) is 5.96. The fourth-order valence-corrected chi connectivity index (χ4v) is 3.43. The molecule has 1 atom stereocenters. The molecule has 1 fully saturated rings. The Morgan fingerprint density at radius 3 is 2.67 bits per heavy atom. The van der Waals surface area contributed by atoms with E-state index in [-0.39, 0.29) is 30.1 Å². The van der Waals surface area contributed by atoms with Gasteiger partial charge in [0.2, 0.25) is 11.8 Å². The summed E-state index contributed by atoms with van der Waals surface area (Å²) in [5.41, 5.74) is 1.14. The number of carbonyl (C=O) groups is 3. The van der Waals surface area contributed by atoms with E-state index in [9.17, 15) is 24.4 Å². The Hall–Kier alpha value is -2.71. The monoisotopic (exact) mass is 324 g/mol. The minimum Gasteiger partial charge on any atom is -0.423 e. The third kappa shape index (κ3) is 2.04. The molecule has 0 bridgehead atoms. The lowest BCUT2D eigenvalue weighted by atomic mass is 9.78. The molecule has 3 amide bonds. The normalized spacial score (nSPS) is 19.8. The molecule has 2 heterocycles. The van der Waals surface area contributed by atoms with Crippen molar-refractivity contribution in [2.45, 2.75) is 18.9 Å². The first-order chi connectivity index (χ1) is 11.5. The van der Waals surface area contributed by atoms with Crippen molar-refractivity contribution >= 4 is 46.8 Å². The molecule has 1 unspecified atom stereocenters. The van der Waals surface area contributed by atoms with Gasteiger partial charge in [-0.15, -0.1) is 0 Å². The lowest BCUT2D eigenvalue weighted by Gasteiger charge is -2.30. The molecule has 120 valence electrons. The average Bonchev–Trinajstić information content (AvgIpc) is 2.82. The Bertz CT molecular complexity index is 911. The molecule has 2 aromatic carbocycles. The number of hydrogen-bond acceptors (Lipinski definition) is 5. The molecular weight excluding hydrogens is 311 g/mol. The van der Waals surface area contributed by atoms with E-state index in [0.29, 0.717) is 22.0 Å². The van der Waals surface area contributed by atoms with Gasteiger partial charge >= 0.3 is 7.12 Å². The first kappa shape index (κ1) is 14.9. The highest BCUT2D eigenvalue weighted by Gasteiger charge is 2.41. The Morgan fingerprint density at radius 2 is 1.96 bits per heavy atom. The zero-order valence-corrected chi connectivity index (χ0v) is 12.5. The number of anilines is 1. The van der Waals surface area contributed by atoms with Gasteiger partial charge in [-0.25, -0.2) is 0 Å². The van der Waals surface area contributed by atoms with Crippen molar-refractivity contribution in [2.24, 2.45) is 0 Å². The first-order valence-electron chi connectivity index (χ1n) is 7.57. The standard InChI is InChI=1S/C16H13BN2O5/c20-13-5-4-12(15(21)18-13)19-11-3-1-2-8-6-9(17(23)24)7-10(14(8)11)16(19)22/h1-3,6-7,12,23-24H,4-5H2,(H,18,20,21). The van der Waals surface area contributed by atoms with Gasteiger partial charge in [0.1, 0.15) is 6.04 Å². The molecule has 0 spiro atoms. The van der Waals surface area contributed by atoms with Crippen LogP contribution in [0.25, 0.3) is 10.8 Å². The Kier molecular flexibility index (Phi) is 3.19. The number of imide groups is 1. The molecule has 2 aromatic rings. The summed E-state index contributed by atoms with van der Waals surface area (Å²) in [5, 5.41) is 22.5. The van der Waals surface area contributed by atoms with Crippen LogP contribution >= 0.6 is 0 Å². The van der Waals surface area contributed by atoms with Gasteiger partial charge in [0.25, 0.3) is 5.91 Å². The maximum absolute atomic E-state index is 12.9. The Labute approximate surface area is 137 Å². The van der Waals surface area contributed by atoms with Gasteiger partial charge in [-0.1, -0.05) is 18.2 Å². The lowest BCUT2D eigenvalue weighted by Crippen LogP contribution is -2.53. The van der Waals surface area contributed by atoms with Crippen molar-refractivity contribution in [3.8, 4) is 0 Å². The summed E-state index contributed by atoms with van der Waals surface area (Å²) >= 11 is 0. The quantitative estimate of drug-likeness (QED) is 0.499. The summed E-state index contributed by atoms with van der Waals surface area (Å²) in [6, 6.07) is 7.55. The van der Waals surface area contributed by atoms with Gasteiger partial charge in [0.15, 0.2) is 0 Å². The highest BCUT2D eigenvalue weighted by atomic mass is 16.4. The van der Waals surface area contributed by atoms with Crippen molar-refractivity contribution in [3.05, 3.63) is 35.9 Å². The Balaban J connectivity index is 1.86. The van der Waals surface area contributed by atoms with Crippen LogP contribution in [-0.2, 0) is 9.59 Å². The molecule has 2 aliphatic rings. The number of carbonyl (C=O) groups excluding carboxylic acids is 3. The van der Waals surface area contributed by atoms with Crippen LogP contribution in [0.5, 0.6) is 0 Å². The van der Waals surface area contributed by atoms with Crippen LogP contribution in [0.15, 0.2) is 30.3 Å². The van der Waals surface area contributed by atoms with E-state index < -0.39 is 19.1 Å². The van der Waals surface area contributed by atoms with Gasteiger partial charge in [-0.3, -0.25) is 24.6 Å². The number of amides is 3. The minimum atomic E-state index is -1.69. The molecule has 4 rings (SSSR count). The topological polar surface area (TPSA) is 107 Å². The maximum atomic E-state index is 12.9. The third-order valence-electron chi connectivity index (χ3n) is 4.51. The summed E-state index contributed by atoms with van der Waals surface area (Å²) in [5.74, 6) is -1.21. The fraction of sp³-hybridized carbons (Fsp3) is 0.188. The van der Waals surface area contributed by atoms with Crippen LogP contribution in [0.3, 0.4) is 0 Å². The highest BCUT2D eigenvalue weighted by molar-refractivity contribution is 6.59. The van der Waals surface area contributed by atoms with Crippen LogP contribution in [0.2, 0.25) is 0 Å². The second kappa shape index (κ2) is 5.15. The number of nitrogens with one attached hydrogen (secondary N) is 1. The summed E-state index contributed by atoms with van der Waals surface area (Å²) in [7, 11) is -1.69. The van der Waals surface area contributed by atoms with Crippen LogP contribution in [0.1, 0.15) is 23.2 Å². The van der Waals surface area contributed by atoms with Crippen molar-refractivity contribution in [1.82, 2.24) is 5.32 Å². The predicted octanol–water partition coefficient (Wildman–Crippen LogP) is -0.715. The fourth-order valence-electron chi connectivity index (χ4n) is 3.43. The van der Waals surface area contributed by atoms with Gasteiger partial charge in [0.05, 0.1) is 5.69 Å². The number of nitrogens with zero attached hydrogens (tertiary/aromatic N) is 1. The van der Waals surface area contributed by atoms with E-state index in [2.05, 4.69) is 5.32 Å². The largest absolute Gasteiger partial charge is 0.488 e. The summed E-state index contributed by atoms with van der Waals surface area (Å²) in [6.07, 6.45) is 0.434. The number of piperidine rings is 1. The summed E-state index contributed by atoms with van der Waals surface area (Å²) in [4.78, 5) is 37.8. The first-order valence-corrected chi connectivity index (χ1v) is 7.57. The van der Waals surface area contributed by atoms with E-state index >= 15 is 0 Å². The number of benzene rings is 2. The smallest absolute Gasteiger partial charge is 0.423 e. The molecule has 3 N–H and O–H groups in total. The third-order valence-corrected chi connectivity index (χ3v) is 4.51. The van der Waals surface area contributed by atoms with Gasteiger partial charge < -0.3 is 10.0 Å². The Morgan fingerprint density at radius 1 is 1.17 bits per heavy atom. The molecule has 8 heteroatoms. The molecule has 0 aliphatic carbocycles. The predicted molar refractivity (Wildman–Crippen MR) is 86.8 cm³/mol. The SMILES string of the molecule is O=C1CCC(N2C(=O)c3cc(B(O)O)cc4cccc2c34)C(=O)N1. The van der Waals surface area contributed by atoms with Gasteiger partial charge in [-0.2, -0.15) is 0 Å². The molecular formula is C16H13BN2O5. The van der Waals surface area contributed by atoms with Crippen LogP contribution in [0.4, 0.5) is 5.69 Å². The molecule has 7 nitrogen and oxygen atoms in total. The van der Waals surface area contributed by atoms with E-state index in [1.54, 1.807) is 24.3 Å². The van der Waals surface area contributed by atoms with Gasteiger partial charge in [0, 0.05) is 17.4 Å². The van der Waals surface area contributed by atoms with Gasteiger partial charge in [-0.05, 0) is 29.4 Å². The van der Waals surface area contributed by atoms with Crippen LogP contribution in [0, 0.1) is 0 Å². The van der Waals surface area contributed by atoms with Crippen LogP contribution in [-0.4, -0.2) is 40.9 Å². The van der Waals surface area contributed by atoms with E-state index in [0.717, 1.165) is 0 Å². The van der Waals surface area contributed by atoms with Crippen molar-refractivity contribution in [1.29, 1.82) is 0 Å². The maximum Gasteiger partial charge on any atom is 0.488 e. The lowest BCUT2D eigenvalue weighted by molar-refractivity contribution is -0.134. The molecule has 0 aromatic heterocycles. The van der Waals surface area contributed by atoms with E-state index in [1.165, 1.54) is 11.0 Å². The van der Waals surface area contributed by atoms with Crippen LogP contribution < -0.4 is 15.7 Å². The molecule has 1 saturated heterocycles. The molecule has 2 aliphatic heterocycles. The van der Waals surface area contributed by atoms with Crippen molar-refractivity contribution in [3.63, 3.8) is 0 Å². The second-order valence-corrected chi connectivity index (χ2v) is 5.96. The number of hydrogen-bond donors (Lipinski definition) is 3. The zero-order chi connectivity index (χ0) is 17.0. The molecule has 0 saturated carbocycles. The van der Waals surface area contributed by atoms with E-state index in [1.807, 2.05) is 0 Å². The molecule has 0 radical (unpaired) electrons. The summed E-state index contributed by atoms with van der Waals surface area (Å²) < 4.78 is 0. The number of rotatable bonds is 2. The van der Waals surface area contributed by atoms with E-state index in [4.69, 9.17) is 0 Å². The average molecular weight is 324 g/mol. The zero-order valence-electron chi connectivity index (χ0n) is 12.5. The minimum absolute atomic E-state index is 0.174. The highest BCUT2D eigenvalue weighted by Crippen LogP contribution is 2.39. The van der Waals surface area contributed by atoms with Crippen molar-refractivity contribution < 1.29 is 24.4 Å². The summed E-state index contributed by atoms with van der Waals surface area (Å²) in [6.45, 7) is 0. The molecule has 24 heavy (non-hydrogen) atoms.